The summed E-state index contributed by atoms with van der Waals surface area (Å²) in [6.45, 7) is 1.72. The van der Waals surface area contributed by atoms with Crippen molar-refractivity contribution in [3.63, 3.8) is 0 Å². The van der Waals surface area contributed by atoms with Gasteiger partial charge in [0.05, 0.1) is 11.3 Å². The lowest BCUT2D eigenvalue weighted by Gasteiger charge is -2.11. The van der Waals surface area contributed by atoms with Gasteiger partial charge >= 0.3 is 5.97 Å². The maximum absolute atomic E-state index is 12.3. The highest BCUT2D eigenvalue weighted by atomic mass is 35.5. The average molecular weight is 305 g/mol. The van der Waals surface area contributed by atoms with Crippen molar-refractivity contribution < 1.29 is 14.7 Å². The van der Waals surface area contributed by atoms with Gasteiger partial charge < -0.3 is 16.2 Å². The van der Waals surface area contributed by atoms with Crippen LogP contribution in [0.5, 0.6) is 0 Å². The molecule has 0 bridgehead atoms. The van der Waals surface area contributed by atoms with E-state index in [0.717, 1.165) is 0 Å². The number of nitrogen functional groups attached to an aromatic ring is 1. The van der Waals surface area contributed by atoms with Crippen molar-refractivity contribution in [3.8, 4) is 0 Å². The maximum Gasteiger partial charge on any atom is 0.337 e. The van der Waals surface area contributed by atoms with Gasteiger partial charge in [-0.1, -0.05) is 17.7 Å². The lowest BCUT2D eigenvalue weighted by atomic mass is 10.1. The molecule has 2 aromatic carbocycles. The van der Waals surface area contributed by atoms with Gasteiger partial charge in [-0.05, 0) is 42.8 Å². The zero-order chi connectivity index (χ0) is 15.6. The Bertz CT molecular complexity index is 729. The summed E-state index contributed by atoms with van der Waals surface area (Å²) in [5.74, 6) is -1.59. The third-order valence-corrected chi connectivity index (χ3v) is 3.44. The maximum atomic E-state index is 12.3. The van der Waals surface area contributed by atoms with E-state index in [9.17, 15) is 9.59 Å². The number of benzene rings is 2. The van der Waals surface area contributed by atoms with Crippen molar-refractivity contribution in [1.82, 2.24) is 0 Å². The van der Waals surface area contributed by atoms with Gasteiger partial charge in [0.25, 0.3) is 5.91 Å². The van der Waals surface area contributed by atoms with E-state index in [1.165, 1.54) is 18.2 Å². The Morgan fingerprint density at radius 2 is 1.90 bits per heavy atom. The predicted molar refractivity (Wildman–Crippen MR) is 82.0 cm³/mol. The lowest BCUT2D eigenvalue weighted by Crippen LogP contribution is -2.16. The van der Waals surface area contributed by atoms with Gasteiger partial charge in [-0.15, -0.1) is 0 Å². The first-order valence-electron chi connectivity index (χ1n) is 6.09. The molecule has 4 N–H and O–H groups in total. The molecule has 108 valence electrons. The molecule has 0 saturated heterocycles. The Morgan fingerprint density at radius 1 is 1.19 bits per heavy atom. The molecular formula is C15H13ClN2O3. The molecule has 0 fully saturated rings. The number of carbonyl (C=O) groups is 2. The Kier molecular flexibility index (Phi) is 4.14. The van der Waals surface area contributed by atoms with Gasteiger partial charge in [0.2, 0.25) is 0 Å². The normalized spacial score (nSPS) is 10.2. The number of nitrogens with two attached hydrogens (primary N) is 1. The number of rotatable bonds is 3. The number of carbonyl (C=O) groups excluding carboxylic acids is 1. The highest BCUT2D eigenvalue weighted by Crippen LogP contribution is 2.23. The molecule has 21 heavy (non-hydrogen) atoms. The number of nitrogens with one attached hydrogen (secondary N) is 1. The molecule has 0 unspecified atom stereocenters. The van der Waals surface area contributed by atoms with E-state index >= 15 is 0 Å². The van der Waals surface area contributed by atoms with E-state index in [0.29, 0.717) is 21.8 Å². The van der Waals surface area contributed by atoms with Gasteiger partial charge in [0.15, 0.2) is 0 Å². The van der Waals surface area contributed by atoms with E-state index in [1.807, 2.05) is 0 Å². The number of hydrogen-bond donors (Lipinski definition) is 3. The van der Waals surface area contributed by atoms with Crippen LogP contribution in [0.3, 0.4) is 0 Å². The minimum Gasteiger partial charge on any atom is -0.478 e. The number of carboxylic acids is 1. The Balaban J connectivity index is 2.38. The molecule has 0 aliphatic rings. The fourth-order valence-electron chi connectivity index (χ4n) is 1.89. The van der Waals surface area contributed by atoms with E-state index in [4.69, 9.17) is 22.4 Å². The molecule has 0 heterocycles. The molecule has 1 amide bonds. The first-order valence-corrected chi connectivity index (χ1v) is 6.47. The zero-order valence-corrected chi connectivity index (χ0v) is 11.9. The first kappa shape index (κ1) is 14.9. The van der Waals surface area contributed by atoms with Crippen molar-refractivity contribution in [2.75, 3.05) is 11.1 Å². The quantitative estimate of drug-likeness (QED) is 0.759. The largest absolute Gasteiger partial charge is 0.478 e. The second-order valence-corrected chi connectivity index (χ2v) is 4.88. The summed E-state index contributed by atoms with van der Waals surface area (Å²) in [5.41, 5.74) is 7.10. The molecule has 0 radical (unpaired) electrons. The number of amides is 1. The second-order valence-electron chi connectivity index (χ2n) is 4.48. The molecule has 0 aliphatic carbocycles. The minimum atomic E-state index is -1.15. The summed E-state index contributed by atoms with van der Waals surface area (Å²) in [5, 5.41) is 12.2. The third kappa shape index (κ3) is 3.14. The lowest BCUT2D eigenvalue weighted by molar-refractivity contribution is 0.0698. The summed E-state index contributed by atoms with van der Waals surface area (Å²) >= 11 is 5.97. The number of halogens is 1. The molecule has 5 nitrogen and oxygen atoms in total. The fourth-order valence-corrected chi connectivity index (χ4v) is 2.07. The van der Waals surface area contributed by atoms with Crippen LogP contribution in [-0.4, -0.2) is 17.0 Å². The summed E-state index contributed by atoms with van der Waals surface area (Å²) in [6.07, 6.45) is 0. The Morgan fingerprint density at radius 3 is 2.57 bits per heavy atom. The van der Waals surface area contributed by atoms with Crippen LogP contribution >= 0.6 is 11.6 Å². The summed E-state index contributed by atoms with van der Waals surface area (Å²) < 4.78 is 0. The summed E-state index contributed by atoms with van der Waals surface area (Å²) in [7, 11) is 0. The molecule has 0 aliphatic heterocycles. The van der Waals surface area contributed by atoms with Crippen molar-refractivity contribution >= 4 is 34.9 Å². The number of anilines is 2. The van der Waals surface area contributed by atoms with Crippen LogP contribution in [0, 0.1) is 6.92 Å². The highest BCUT2D eigenvalue weighted by Gasteiger charge is 2.16. The van der Waals surface area contributed by atoms with E-state index < -0.39 is 11.9 Å². The molecule has 0 aromatic heterocycles. The highest BCUT2D eigenvalue weighted by molar-refractivity contribution is 6.32. The van der Waals surface area contributed by atoms with Crippen LogP contribution in [-0.2, 0) is 0 Å². The predicted octanol–water partition coefficient (Wildman–Crippen LogP) is 3.18. The molecular weight excluding hydrogens is 292 g/mol. The van der Waals surface area contributed by atoms with E-state index in [-0.39, 0.29) is 11.3 Å². The fraction of sp³-hybridized carbons (Fsp3) is 0.0667. The van der Waals surface area contributed by atoms with Gasteiger partial charge in [0, 0.05) is 16.3 Å². The van der Waals surface area contributed by atoms with E-state index in [1.54, 1.807) is 25.1 Å². The number of hydrogen-bond acceptors (Lipinski definition) is 3. The van der Waals surface area contributed by atoms with Gasteiger partial charge in [-0.25, -0.2) is 4.79 Å². The molecule has 2 rings (SSSR count). The van der Waals surface area contributed by atoms with E-state index in [2.05, 4.69) is 5.32 Å². The van der Waals surface area contributed by atoms with Crippen LogP contribution in [0.25, 0.3) is 0 Å². The van der Waals surface area contributed by atoms with Crippen molar-refractivity contribution in [1.29, 1.82) is 0 Å². The molecule has 0 saturated carbocycles. The van der Waals surface area contributed by atoms with Gasteiger partial charge in [0.1, 0.15) is 0 Å². The van der Waals surface area contributed by atoms with Crippen LogP contribution < -0.4 is 11.1 Å². The third-order valence-electron chi connectivity index (χ3n) is 3.03. The molecule has 2 aromatic rings. The van der Waals surface area contributed by atoms with Gasteiger partial charge in [-0.3, -0.25) is 4.79 Å². The van der Waals surface area contributed by atoms with Crippen LogP contribution in [0.2, 0.25) is 5.02 Å². The second kappa shape index (κ2) is 5.85. The van der Waals surface area contributed by atoms with Crippen LogP contribution in [0.15, 0.2) is 36.4 Å². The summed E-state index contributed by atoms with van der Waals surface area (Å²) in [6, 6.07) is 9.16. The Hall–Kier alpha value is -2.53. The van der Waals surface area contributed by atoms with Crippen molar-refractivity contribution in [3.05, 3.63) is 58.1 Å². The van der Waals surface area contributed by atoms with Crippen LogP contribution in [0.4, 0.5) is 11.4 Å². The summed E-state index contributed by atoms with van der Waals surface area (Å²) in [4.78, 5) is 23.4. The standard InChI is InChI=1S/C15H13ClN2O3/c1-8-10(3-2-4-12(8)16)14(19)18-13-7-9(17)5-6-11(13)15(20)21/h2-7H,17H2,1H3,(H,18,19)(H,20,21). The first-order chi connectivity index (χ1) is 9.90. The molecule has 0 atom stereocenters. The monoisotopic (exact) mass is 304 g/mol. The van der Waals surface area contributed by atoms with Crippen LogP contribution in [0.1, 0.15) is 26.3 Å². The smallest absolute Gasteiger partial charge is 0.337 e. The number of carboxylic acid groups (broad SMARTS) is 1. The van der Waals surface area contributed by atoms with Gasteiger partial charge in [-0.2, -0.15) is 0 Å². The molecule has 0 spiro atoms. The topological polar surface area (TPSA) is 92.4 Å². The SMILES string of the molecule is Cc1c(Cl)cccc1C(=O)Nc1cc(N)ccc1C(=O)O. The zero-order valence-electron chi connectivity index (χ0n) is 11.2. The number of aromatic carboxylic acids is 1. The minimum absolute atomic E-state index is 0.0303. The molecule has 6 heteroatoms. The van der Waals surface area contributed by atoms with Crippen molar-refractivity contribution in [2.45, 2.75) is 6.92 Å². The Labute approximate surface area is 126 Å². The van der Waals surface area contributed by atoms with Crippen molar-refractivity contribution in [2.24, 2.45) is 0 Å². The average Bonchev–Trinajstić information content (AvgIpc) is 2.41.